The Morgan fingerprint density at radius 3 is 3.00 bits per heavy atom. The molecule has 1 heterocycles. The van der Waals surface area contributed by atoms with E-state index < -0.39 is 5.82 Å². The van der Waals surface area contributed by atoms with Crippen molar-refractivity contribution in [3.05, 3.63) is 34.6 Å². The molecule has 0 N–H and O–H groups in total. The van der Waals surface area contributed by atoms with Crippen LogP contribution in [0.15, 0.2) is 18.2 Å². The molecule has 4 heteroatoms. The second kappa shape index (κ2) is 5.70. The first-order chi connectivity index (χ1) is 8.56. The van der Waals surface area contributed by atoms with Gasteiger partial charge in [0.2, 0.25) is 5.91 Å². The van der Waals surface area contributed by atoms with Crippen molar-refractivity contribution < 1.29 is 9.18 Å². The van der Waals surface area contributed by atoms with E-state index in [1.165, 1.54) is 12.5 Å². The zero-order valence-corrected chi connectivity index (χ0v) is 11.2. The number of carbonyl (C=O) groups is 1. The summed E-state index contributed by atoms with van der Waals surface area (Å²) in [5.41, 5.74) is 0.419. The molecular weight excluding hydrogens is 253 g/mol. The van der Waals surface area contributed by atoms with Gasteiger partial charge in [0, 0.05) is 18.1 Å². The lowest BCUT2D eigenvalue weighted by Gasteiger charge is -2.31. The van der Waals surface area contributed by atoms with Gasteiger partial charge in [0.25, 0.3) is 0 Å². The van der Waals surface area contributed by atoms with Gasteiger partial charge < -0.3 is 4.90 Å². The molecule has 1 fully saturated rings. The van der Waals surface area contributed by atoms with Crippen LogP contribution in [0.1, 0.15) is 25.3 Å². The summed E-state index contributed by atoms with van der Waals surface area (Å²) in [4.78, 5) is 13.9. The molecule has 18 heavy (non-hydrogen) atoms. The third kappa shape index (κ3) is 3.22. The molecule has 1 saturated heterocycles. The van der Waals surface area contributed by atoms with Crippen molar-refractivity contribution in [1.29, 1.82) is 0 Å². The first-order valence-electron chi connectivity index (χ1n) is 6.28. The van der Waals surface area contributed by atoms with Gasteiger partial charge in [-0.3, -0.25) is 4.79 Å². The normalized spacial score (nSPS) is 19.9. The van der Waals surface area contributed by atoms with Gasteiger partial charge in [-0.25, -0.2) is 4.39 Å². The van der Waals surface area contributed by atoms with Crippen molar-refractivity contribution in [3.63, 3.8) is 0 Å². The number of halogens is 2. The average molecular weight is 270 g/mol. The zero-order valence-electron chi connectivity index (χ0n) is 10.5. The molecule has 1 atom stereocenters. The number of nitrogens with zero attached hydrogens (tertiary/aromatic N) is 1. The summed E-state index contributed by atoms with van der Waals surface area (Å²) >= 11 is 5.69. The summed E-state index contributed by atoms with van der Waals surface area (Å²) in [5.74, 6) is 0.140. The maximum Gasteiger partial charge on any atom is 0.227 e. The Balaban J connectivity index is 2.02. The van der Waals surface area contributed by atoms with Gasteiger partial charge in [0.15, 0.2) is 0 Å². The number of piperidine rings is 1. The average Bonchev–Trinajstić information content (AvgIpc) is 2.32. The van der Waals surface area contributed by atoms with Crippen LogP contribution in [0.25, 0.3) is 0 Å². The number of amides is 1. The molecule has 1 aliphatic heterocycles. The van der Waals surface area contributed by atoms with Gasteiger partial charge in [0.1, 0.15) is 5.82 Å². The fourth-order valence-electron chi connectivity index (χ4n) is 2.36. The Labute approximate surface area is 112 Å². The highest BCUT2D eigenvalue weighted by atomic mass is 35.5. The quantitative estimate of drug-likeness (QED) is 0.807. The van der Waals surface area contributed by atoms with E-state index in [0.29, 0.717) is 16.5 Å². The number of hydrogen-bond donors (Lipinski definition) is 0. The molecule has 0 aromatic heterocycles. The van der Waals surface area contributed by atoms with E-state index in [1.54, 1.807) is 12.1 Å². The molecule has 0 saturated carbocycles. The molecule has 2 nitrogen and oxygen atoms in total. The van der Waals surface area contributed by atoms with Gasteiger partial charge in [-0.15, -0.1) is 0 Å². The van der Waals surface area contributed by atoms with E-state index in [9.17, 15) is 9.18 Å². The third-order valence-electron chi connectivity index (χ3n) is 3.37. The topological polar surface area (TPSA) is 20.3 Å². The molecule has 1 amide bonds. The summed E-state index contributed by atoms with van der Waals surface area (Å²) in [6, 6.07) is 4.46. The maximum absolute atomic E-state index is 13.6. The van der Waals surface area contributed by atoms with E-state index in [-0.39, 0.29) is 12.3 Å². The van der Waals surface area contributed by atoms with Crippen LogP contribution in [-0.4, -0.2) is 23.9 Å². The molecule has 0 bridgehead atoms. The maximum atomic E-state index is 13.6. The van der Waals surface area contributed by atoms with Crippen LogP contribution in [0.2, 0.25) is 5.02 Å². The lowest BCUT2D eigenvalue weighted by atomic mass is 9.99. The fraction of sp³-hybridized carbons (Fsp3) is 0.500. The standard InChI is InChI=1S/C14H17ClFNO/c1-10-3-2-6-17(9-10)14(18)7-11-4-5-12(15)8-13(11)16/h4-5,8,10H,2-3,6-7,9H2,1H3/t10-/m1/s1. The fourth-order valence-corrected chi connectivity index (χ4v) is 2.51. The summed E-state index contributed by atoms with van der Waals surface area (Å²) in [5, 5.41) is 0.357. The van der Waals surface area contributed by atoms with E-state index in [2.05, 4.69) is 6.92 Å². The van der Waals surface area contributed by atoms with Crippen LogP contribution in [0, 0.1) is 11.7 Å². The Bertz CT molecular complexity index is 449. The van der Waals surface area contributed by atoms with Crippen LogP contribution >= 0.6 is 11.6 Å². The largest absolute Gasteiger partial charge is 0.342 e. The Hall–Kier alpha value is -1.09. The SMILES string of the molecule is C[C@@H]1CCCN(C(=O)Cc2ccc(Cl)cc2F)C1. The summed E-state index contributed by atoms with van der Waals surface area (Å²) in [6.45, 7) is 3.72. The van der Waals surface area contributed by atoms with Crippen molar-refractivity contribution in [2.75, 3.05) is 13.1 Å². The van der Waals surface area contributed by atoms with Gasteiger partial charge in [-0.05, 0) is 36.5 Å². The molecule has 2 rings (SSSR count). The second-order valence-corrected chi connectivity index (χ2v) is 5.44. The Kier molecular flexibility index (Phi) is 4.23. The van der Waals surface area contributed by atoms with Crippen molar-refractivity contribution >= 4 is 17.5 Å². The third-order valence-corrected chi connectivity index (χ3v) is 3.60. The van der Waals surface area contributed by atoms with Gasteiger partial charge in [-0.1, -0.05) is 24.6 Å². The minimum Gasteiger partial charge on any atom is -0.342 e. The molecule has 98 valence electrons. The molecule has 1 aromatic carbocycles. The highest BCUT2D eigenvalue weighted by Crippen LogP contribution is 2.19. The van der Waals surface area contributed by atoms with Crippen LogP contribution < -0.4 is 0 Å². The summed E-state index contributed by atoms with van der Waals surface area (Å²) in [7, 11) is 0. The number of benzene rings is 1. The molecular formula is C14H17ClFNO. The molecule has 1 aliphatic rings. The number of carbonyl (C=O) groups excluding carboxylic acids is 1. The van der Waals surface area contributed by atoms with Crippen LogP contribution in [0.5, 0.6) is 0 Å². The monoisotopic (exact) mass is 269 g/mol. The van der Waals surface area contributed by atoms with Crippen LogP contribution in [-0.2, 0) is 11.2 Å². The van der Waals surface area contributed by atoms with E-state index in [0.717, 1.165) is 19.5 Å². The molecule has 0 radical (unpaired) electrons. The predicted octanol–water partition coefficient (Wildman–Crippen LogP) is 3.28. The van der Waals surface area contributed by atoms with E-state index >= 15 is 0 Å². The van der Waals surface area contributed by atoms with E-state index in [4.69, 9.17) is 11.6 Å². The first kappa shape index (κ1) is 13.3. The van der Waals surface area contributed by atoms with Crippen LogP contribution in [0.3, 0.4) is 0 Å². The van der Waals surface area contributed by atoms with Gasteiger partial charge in [-0.2, -0.15) is 0 Å². The smallest absolute Gasteiger partial charge is 0.227 e. The van der Waals surface area contributed by atoms with Gasteiger partial charge in [0.05, 0.1) is 6.42 Å². The minimum absolute atomic E-state index is 0.00257. The summed E-state index contributed by atoms with van der Waals surface area (Å²) < 4.78 is 13.6. The first-order valence-corrected chi connectivity index (χ1v) is 6.66. The second-order valence-electron chi connectivity index (χ2n) is 5.00. The molecule has 0 unspecified atom stereocenters. The van der Waals surface area contributed by atoms with Crippen molar-refractivity contribution in [2.45, 2.75) is 26.2 Å². The number of rotatable bonds is 2. The highest BCUT2D eigenvalue weighted by molar-refractivity contribution is 6.30. The lowest BCUT2D eigenvalue weighted by Crippen LogP contribution is -2.40. The lowest BCUT2D eigenvalue weighted by molar-refractivity contribution is -0.132. The molecule has 0 spiro atoms. The zero-order chi connectivity index (χ0) is 13.1. The molecule has 0 aliphatic carbocycles. The number of likely N-dealkylation sites (tertiary alicyclic amines) is 1. The predicted molar refractivity (Wildman–Crippen MR) is 70.1 cm³/mol. The van der Waals surface area contributed by atoms with Crippen LogP contribution in [0.4, 0.5) is 4.39 Å². The van der Waals surface area contributed by atoms with Crippen molar-refractivity contribution in [1.82, 2.24) is 4.90 Å². The van der Waals surface area contributed by atoms with Crippen molar-refractivity contribution in [3.8, 4) is 0 Å². The molecule has 1 aromatic rings. The Morgan fingerprint density at radius 1 is 1.56 bits per heavy atom. The van der Waals surface area contributed by atoms with E-state index in [1.807, 2.05) is 4.90 Å². The van der Waals surface area contributed by atoms with Gasteiger partial charge >= 0.3 is 0 Å². The summed E-state index contributed by atoms with van der Waals surface area (Å²) in [6.07, 6.45) is 2.32. The number of hydrogen-bond acceptors (Lipinski definition) is 1. The van der Waals surface area contributed by atoms with Crippen molar-refractivity contribution in [2.24, 2.45) is 5.92 Å². The Morgan fingerprint density at radius 2 is 2.33 bits per heavy atom. The minimum atomic E-state index is -0.402. The highest BCUT2D eigenvalue weighted by Gasteiger charge is 2.21.